The molecule has 0 heterocycles. The van der Waals surface area contributed by atoms with Crippen molar-refractivity contribution >= 4 is 23.2 Å². The molecule has 0 spiro atoms. The van der Waals surface area contributed by atoms with Crippen molar-refractivity contribution in [2.24, 2.45) is 0 Å². The van der Waals surface area contributed by atoms with Gasteiger partial charge in [0.2, 0.25) is 11.7 Å². The molecule has 0 saturated heterocycles. The third-order valence-corrected chi connectivity index (χ3v) is 5.17. The van der Waals surface area contributed by atoms with E-state index in [4.69, 9.17) is 23.7 Å². The van der Waals surface area contributed by atoms with E-state index in [1.54, 1.807) is 48.5 Å². The standard InChI is InChI=1S/C26H28N2O7/c1-31-20-15-19(28-26(30)17-9-7-6-8-10-17)21(32-2)14-18(20)27-24(29)13-16-11-22(33-3)25(35-5)23(12-16)34-4/h6-12,14-15H,13H2,1-5H3,(H,27,29)(H,28,30). The number of nitrogens with one attached hydrogen (secondary N) is 2. The molecule has 0 aliphatic rings. The lowest BCUT2D eigenvalue weighted by molar-refractivity contribution is -0.115. The molecule has 9 nitrogen and oxygen atoms in total. The van der Waals surface area contributed by atoms with Gasteiger partial charge in [0.25, 0.3) is 5.91 Å². The van der Waals surface area contributed by atoms with Gasteiger partial charge < -0.3 is 34.3 Å². The van der Waals surface area contributed by atoms with E-state index in [0.29, 0.717) is 51.2 Å². The lowest BCUT2D eigenvalue weighted by Gasteiger charge is -2.17. The minimum atomic E-state index is -0.305. The fourth-order valence-corrected chi connectivity index (χ4v) is 3.49. The second-order valence-corrected chi connectivity index (χ2v) is 7.33. The summed E-state index contributed by atoms with van der Waals surface area (Å²) in [7, 11) is 7.48. The van der Waals surface area contributed by atoms with E-state index in [9.17, 15) is 9.59 Å². The highest BCUT2D eigenvalue weighted by molar-refractivity contribution is 6.05. The maximum atomic E-state index is 12.9. The molecule has 3 aromatic carbocycles. The molecular formula is C26H28N2O7. The van der Waals surface area contributed by atoms with Crippen LogP contribution >= 0.6 is 0 Å². The first kappa shape index (κ1) is 25.2. The van der Waals surface area contributed by atoms with E-state index in [-0.39, 0.29) is 18.2 Å². The third-order valence-electron chi connectivity index (χ3n) is 5.17. The number of hydrogen-bond acceptors (Lipinski definition) is 7. The van der Waals surface area contributed by atoms with Crippen molar-refractivity contribution in [1.82, 2.24) is 0 Å². The van der Waals surface area contributed by atoms with Crippen LogP contribution in [-0.2, 0) is 11.2 Å². The number of anilines is 2. The topological polar surface area (TPSA) is 104 Å². The molecule has 0 unspecified atom stereocenters. The smallest absolute Gasteiger partial charge is 0.255 e. The van der Waals surface area contributed by atoms with Crippen LogP contribution in [0, 0.1) is 0 Å². The van der Waals surface area contributed by atoms with E-state index < -0.39 is 0 Å². The second kappa shape index (κ2) is 11.6. The zero-order valence-electron chi connectivity index (χ0n) is 20.3. The monoisotopic (exact) mass is 480 g/mol. The van der Waals surface area contributed by atoms with Crippen molar-refractivity contribution in [3.8, 4) is 28.7 Å². The van der Waals surface area contributed by atoms with E-state index >= 15 is 0 Å². The van der Waals surface area contributed by atoms with Gasteiger partial charge in [-0.25, -0.2) is 0 Å². The number of ether oxygens (including phenoxy) is 5. The molecular weight excluding hydrogens is 452 g/mol. The van der Waals surface area contributed by atoms with Crippen LogP contribution in [-0.4, -0.2) is 47.4 Å². The van der Waals surface area contributed by atoms with Gasteiger partial charge in [-0.15, -0.1) is 0 Å². The number of rotatable bonds is 10. The Morgan fingerprint density at radius 2 is 1.17 bits per heavy atom. The molecule has 35 heavy (non-hydrogen) atoms. The van der Waals surface area contributed by atoms with Gasteiger partial charge in [0.1, 0.15) is 11.5 Å². The Morgan fingerprint density at radius 3 is 1.66 bits per heavy atom. The number of benzene rings is 3. The number of hydrogen-bond donors (Lipinski definition) is 2. The average molecular weight is 481 g/mol. The number of carbonyl (C=O) groups excluding carboxylic acids is 2. The van der Waals surface area contributed by atoms with Crippen molar-refractivity contribution in [2.75, 3.05) is 46.2 Å². The van der Waals surface area contributed by atoms with E-state index in [2.05, 4.69) is 10.6 Å². The average Bonchev–Trinajstić information content (AvgIpc) is 2.88. The zero-order chi connectivity index (χ0) is 25.4. The van der Waals surface area contributed by atoms with Crippen LogP contribution in [0.3, 0.4) is 0 Å². The summed E-state index contributed by atoms with van der Waals surface area (Å²) in [6.07, 6.45) is 0.0364. The number of carbonyl (C=O) groups is 2. The Kier molecular flexibility index (Phi) is 8.39. The fourth-order valence-electron chi connectivity index (χ4n) is 3.49. The molecule has 2 N–H and O–H groups in total. The Morgan fingerprint density at radius 1 is 0.657 bits per heavy atom. The summed E-state index contributed by atoms with van der Waals surface area (Å²) < 4.78 is 26.9. The van der Waals surface area contributed by atoms with Gasteiger partial charge >= 0.3 is 0 Å². The summed E-state index contributed by atoms with van der Waals surface area (Å²) in [5.41, 5.74) is 1.95. The molecule has 9 heteroatoms. The number of amides is 2. The summed E-state index contributed by atoms with van der Waals surface area (Å²) in [6, 6.07) is 15.4. The molecule has 3 aromatic rings. The normalized spacial score (nSPS) is 10.2. The lowest BCUT2D eigenvalue weighted by atomic mass is 10.1. The van der Waals surface area contributed by atoms with Crippen molar-refractivity contribution in [1.29, 1.82) is 0 Å². The minimum Gasteiger partial charge on any atom is -0.494 e. The molecule has 0 aliphatic heterocycles. The van der Waals surface area contributed by atoms with Crippen molar-refractivity contribution in [3.63, 3.8) is 0 Å². The van der Waals surface area contributed by atoms with Crippen LogP contribution in [0.1, 0.15) is 15.9 Å². The molecule has 0 radical (unpaired) electrons. The maximum Gasteiger partial charge on any atom is 0.255 e. The Bertz CT molecular complexity index is 1170. The number of methoxy groups -OCH3 is 5. The first-order valence-electron chi connectivity index (χ1n) is 10.6. The van der Waals surface area contributed by atoms with Gasteiger partial charge in [-0.3, -0.25) is 9.59 Å². The van der Waals surface area contributed by atoms with Gasteiger partial charge in [0.05, 0.1) is 53.3 Å². The van der Waals surface area contributed by atoms with Crippen LogP contribution in [0.25, 0.3) is 0 Å². The molecule has 0 fully saturated rings. The maximum absolute atomic E-state index is 12.9. The third kappa shape index (κ3) is 5.94. The van der Waals surface area contributed by atoms with Gasteiger partial charge in [0, 0.05) is 17.7 Å². The molecule has 0 bridgehead atoms. The van der Waals surface area contributed by atoms with Crippen LogP contribution in [0.15, 0.2) is 54.6 Å². The Labute approximate surface area is 203 Å². The minimum absolute atomic E-state index is 0.0364. The van der Waals surface area contributed by atoms with Crippen LogP contribution in [0.4, 0.5) is 11.4 Å². The van der Waals surface area contributed by atoms with Crippen LogP contribution < -0.4 is 34.3 Å². The fraction of sp³-hybridized carbons (Fsp3) is 0.231. The first-order chi connectivity index (χ1) is 16.9. The van der Waals surface area contributed by atoms with Gasteiger partial charge in [-0.05, 0) is 29.8 Å². The SMILES string of the molecule is COc1cc(NC(=O)c2ccccc2)c(OC)cc1NC(=O)Cc1cc(OC)c(OC)c(OC)c1. The Balaban J connectivity index is 1.82. The summed E-state index contributed by atoms with van der Waals surface area (Å²) in [4.78, 5) is 25.5. The van der Waals surface area contributed by atoms with Gasteiger partial charge in [-0.1, -0.05) is 18.2 Å². The molecule has 0 aromatic heterocycles. The summed E-state index contributed by atoms with van der Waals surface area (Å²) in [5.74, 6) is 1.45. The highest BCUT2D eigenvalue weighted by Crippen LogP contribution is 2.39. The first-order valence-corrected chi connectivity index (χ1v) is 10.6. The molecule has 0 aliphatic carbocycles. The largest absolute Gasteiger partial charge is 0.494 e. The second-order valence-electron chi connectivity index (χ2n) is 7.33. The van der Waals surface area contributed by atoms with Gasteiger partial charge in [0.15, 0.2) is 11.5 Å². The molecule has 0 atom stereocenters. The van der Waals surface area contributed by atoms with Crippen molar-refractivity contribution in [3.05, 3.63) is 65.7 Å². The van der Waals surface area contributed by atoms with Crippen LogP contribution in [0.2, 0.25) is 0 Å². The highest BCUT2D eigenvalue weighted by Gasteiger charge is 2.18. The molecule has 2 amide bonds. The predicted molar refractivity (Wildman–Crippen MR) is 132 cm³/mol. The highest BCUT2D eigenvalue weighted by atomic mass is 16.5. The summed E-state index contributed by atoms with van der Waals surface area (Å²) >= 11 is 0. The zero-order valence-corrected chi connectivity index (χ0v) is 20.3. The molecule has 184 valence electrons. The summed E-state index contributed by atoms with van der Waals surface area (Å²) in [6.45, 7) is 0. The lowest BCUT2D eigenvalue weighted by Crippen LogP contribution is -2.16. The van der Waals surface area contributed by atoms with Crippen molar-refractivity contribution in [2.45, 2.75) is 6.42 Å². The van der Waals surface area contributed by atoms with E-state index in [0.717, 1.165) is 0 Å². The molecule has 0 saturated carbocycles. The van der Waals surface area contributed by atoms with Gasteiger partial charge in [-0.2, -0.15) is 0 Å². The van der Waals surface area contributed by atoms with Crippen molar-refractivity contribution < 1.29 is 33.3 Å². The molecule has 3 rings (SSSR count). The van der Waals surface area contributed by atoms with Crippen LogP contribution in [0.5, 0.6) is 28.7 Å². The predicted octanol–water partition coefficient (Wildman–Crippen LogP) is 4.16. The summed E-state index contributed by atoms with van der Waals surface area (Å²) in [5, 5.41) is 5.64. The van der Waals surface area contributed by atoms with E-state index in [1.807, 2.05) is 6.07 Å². The quantitative estimate of drug-likeness (QED) is 0.449. The Hall–Kier alpha value is -4.40. The van der Waals surface area contributed by atoms with E-state index in [1.165, 1.54) is 35.5 Å².